The molecule has 2 heteroatoms. The molecule has 0 amide bonds. The molecule has 0 fully saturated rings. The summed E-state index contributed by atoms with van der Waals surface area (Å²) in [7, 11) is 0. The second kappa shape index (κ2) is 14.1. The van der Waals surface area contributed by atoms with Crippen molar-refractivity contribution >= 4 is 12.4 Å². The smallest absolute Gasteiger partial charge is 0.0165 e. The van der Waals surface area contributed by atoms with Gasteiger partial charge in [-0.15, -0.1) is 12.4 Å². The molecule has 104 valence electrons. The minimum atomic E-state index is 0. The second-order valence-corrected chi connectivity index (χ2v) is 5.00. The van der Waals surface area contributed by atoms with E-state index >= 15 is 0 Å². The monoisotopic (exact) mass is 261 g/mol. The molecule has 0 aromatic heterocycles. The Bertz CT molecular complexity index is 164. The molecule has 1 nitrogen and oxygen atoms in total. The molecule has 0 aliphatic carbocycles. The quantitative estimate of drug-likeness (QED) is 0.393. The molecule has 0 rings (SSSR count). The number of hydrogen-bond acceptors (Lipinski definition) is 1. The first-order valence-corrected chi connectivity index (χ1v) is 7.06. The summed E-state index contributed by atoms with van der Waals surface area (Å²) in [5.74, 6) is 0. The molecule has 0 unspecified atom stereocenters. The van der Waals surface area contributed by atoms with Gasteiger partial charge in [0.1, 0.15) is 0 Å². The Balaban J connectivity index is 0. The summed E-state index contributed by atoms with van der Waals surface area (Å²) in [6.07, 6.45) is 10.5. The van der Waals surface area contributed by atoms with Crippen LogP contribution in [0.2, 0.25) is 0 Å². The number of unbranched alkanes of at least 4 members (excludes halogenated alkanes) is 4. The minimum absolute atomic E-state index is 0. The van der Waals surface area contributed by atoms with Gasteiger partial charge in [-0.3, -0.25) is 4.90 Å². The number of allylic oxidation sites excluding steroid dienone is 1. The van der Waals surface area contributed by atoms with Crippen LogP contribution in [-0.2, 0) is 0 Å². The number of nitrogens with zero attached hydrogens (tertiary/aromatic N) is 1. The van der Waals surface area contributed by atoms with Crippen LogP contribution in [-0.4, -0.2) is 24.5 Å². The van der Waals surface area contributed by atoms with Gasteiger partial charge in [-0.05, 0) is 39.8 Å². The molecule has 0 saturated heterocycles. The van der Waals surface area contributed by atoms with Crippen molar-refractivity contribution in [2.75, 3.05) is 19.6 Å². The van der Waals surface area contributed by atoms with E-state index < -0.39 is 0 Å². The molecule has 0 spiro atoms. The average molecular weight is 262 g/mol. The van der Waals surface area contributed by atoms with E-state index in [0.29, 0.717) is 0 Å². The highest BCUT2D eigenvalue weighted by Crippen LogP contribution is 2.03. The lowest BCUT2D eigenvalue weighted by atomic mass is 10.2. The van der Waals surface area contributed by atoms with Gasteiger partial charge in [-0.1, -0.05) is 51.2 Å². The van der Waals surface area contributed by atoms with Gasteiger partial charge in [0.25, 0.3) is 0 Å². The van der Waals surface area contributed by atoms with Crippen LogP contribution in [0.4, 0.5) is 0 Å². The Morgan fingerprint density at radius 1 is 0.882 bits per heavy atom. The van der Waals surface area contributed by atoms with Crippen LogP contribution in [0.1, 0.15) is 66.2 Å². The van der Waals surface area contributed by atoms with Gasteiger partial charge < -0.3 is 0 Å². The van der Waals surface area contributed by atoms with Crippen LogP contribution in [0.3, 0.4) is 0 Å². The zero-order chi connectivity index (χ0) is 12.2. The first-order chi connectivity index (χ1) is 7.70. The molecule has 0 saturated carbocycles. The van der Waals surface area contributed by atoms with Gasteiger partial charge in [-0.2, -0.15) is 0 Å². The fourth-order valence-electron chi connectivity index (χ4n) is 1.78. The lowest BCUT2D eigenvalue weighted by molar-refractivity contribution is 0.288. The Morgan fingerprint density at radius 3 is 1.71 bits per heavy atom. The highest BCUT2D eigenvalue weighted by atomic mass is 35.5. The summed E-state index contributed by atoms with van der Waals surface area (Å²) in [4.78, 5) is 2.61. The second-order valence-electron chi connectivity index (χ2n) is 5.00. The van der Waals surface area contributed by atoms with Crippen molar-refractivity contribution in [2.45, 2.75) is 66.2 Å². The van der Waals surface area contributed by atoms with Crippen LogP contribution in [0.25, 0.3) is 0 Å². The lowest BCUT2D eigenvalue weighted by Gasteiger charge is -2.20. The Morgan fingerprint density at radius 2 is 1.35 bits per heavy atom. The summed E-state index contributed by atoms with van der Waals surface area (Å²) in [5, 5.41) is 0. The zero-order valence-electron chi connectivity index (χ0n) is 12.3. The predicted octanol–water partition coefficient (Wildman–Crippen LogP) is 5.06. The summed E-state index contributed by atoms with van der Waals surface area (Å²) in [5.41, 5.74) is 1.44. The van der Waals surface area contributed by atoms with Crippen LogP contribution >= 0.6 is 12.4 Å². The molecule has 0 aliphatic rings. The third-order valence-corrected chi connectivity index (χ3v) is 2.91. The third kappa shape index (κ3) is 13.9. The largest absolute Gasteiger partial charge is 0.300 e. The summed E-state index contributed by atoms with van der Waals surface area (Å²) >= 11 is 0. The first-order valence-electron chi connectivity index (χ1n) is 7.06. The summed E-state index contributed by atoms with van der Waals surface area (Å²) in [6.45, 7) is 12.6. The van der Waals surface area contributed by atoms with Gasteiger partial charge in [0.2, 0.25) is 0 Å². The molecule has 0 aromatic rings. The standard InChI is InChI=1S/C15H31N.ClH/c1-5-7-9-12-16(13-10-8-6-2)14-11-15(3)4;/h11H,5-10,12-14H2,1-4H3;1H. The van der Waals surface area contributed by atoms with Crippen LogP contribution in [0.15, 0.2) is 11.6 Å². The van der Waals surface area contributed by atoms with E-state index in [0.717, 1.165) is 6.54 Å². The number of rotatable bonds is 10. The van der Waals surface area contributed by atoms with E-state index in [9.17, 15) is 0 Å². The van der Waals surface area contributed by atoms with E-state index in [-0.39, 0.29) is 12.4 Å². The highest BCUT2D eigenvalue weighted by molar-refractivity contribution is 5.85. The minimum Gasteiger partial charge on any atom is -0.300 e. The maximum Gasteiger partial charge on any atom is 0.0165 e. The summed E-state index contributed by atoms with van der Waals surface area (Å²) in [6, 6.07) is 0. The molecule has 0 aromatic carbocycles. The van der Waals surface area contributed by atoms with Crippen LogP contribution < -0.4 is 0 Å². The zero-order valence-corrected chi connectivity index (χ0v) is 13.1. The van der Waals surface area contributed by atoms with Crippen LogP contribution in [0.5, 0.6) is 0 Å². The van der Waals surface area contributed by atoms with Gasteiger partial charge in [0.05, 0.1) is 0 Å². The molecule has 0 heterocycles. The SMILES string of the molecule is CCCCCN(CC=C(C)C)CCCCC.Cl. The fraction of sp³-hybridized carbons (Fsp3) is 0.867. The van der Waals surface area contributed by atoms with Gasteiger partial charge in [-0.25, -0.2) is 0 Å². The van der Waals surface area contributed by atoms with E-state index in [1.165, 1.54) is 57.2 Å². The van der Waals surface area contributed by atoms with Crippen molar-refractivity contribution < 1.29 is 0 Å². The van der Waals surface area contributed by atoms with Crippen molar-refractivity contribution in [3.8, 4) is 0 Å². The maximum atomic E-state index is 2.61. The molecule has 17 heavy (non-hydrogen) atoms. The van der Waals surface area contributed by atoms with E-state index in [1.54, 1.807) is 0 Å². The van der Waals surface area contributed by atoms with Crippen LogP contribution in [0, 0.1) is 0 Å². The molecule has 0 atom stereocenters. The Labute approximate surface area is 115 Å². The van der Waals surface area contributed by atoms with Gasteiger partial charge >= 0.3 is 0 Å². The van der Waals surface area contributed by atoms with E-state index in [2.05, 4.69) is 38.7 Å². The third-order valence-electron chi connectivity index (χ3n) is 2.91. The van der Waals surface area contributed by atoms with Crippen molar-refractivity contribution in [1.82, 2.24) is 4.90 Å². The topological polar surface area (TPSA) is 3.24 Å². The molecule has 0 aliphatic heterocycles. The fourth-order valence-corrected chi connectivity index (χ4v) is 1.78. The number of halogens is 1. The lowest BCUT2D eigenvalue weighted by Crippen LogP contribution is -2.26. The van der Waals surface area contributed by atoms with Gasteiger partial charge in [0.15, 0.2) is 0 Å². The van der Waals surface area contributed by atoms with Crippen molar-refractivity contribution in [1.29, 1.82) is 0 Å². The average Bonchev–Trinajstić information content (AvgIpc) is 2.25. The van der Waals surface area contributed by atoms with Crippen molar-refractivity contribution in [2.24, 2.45) is 0 Å². The highest BCUT2D eigenvalue weighted by Gasteiger charge is 2.02. The van der Waals surface area contributed by atoms with E-state index in [1.807, 2.05) is 0 Å². The van der Waals surface area contributed by atoms with Crippen molar-refractivity contribution in [3.05, 3.63) is 11.6 Å². The molecule has 0 bridgehead atoms. The Hall–Kier alpha value is -0.0100. The van der Waals surface area contributed by atoms with Gasteiger partial charge in [0, 0.05) is 6.54 Å². The normalized spacial score (nSPS) is 10.2. The molecule has 0 N–H and O–H groups in total. The predicted molar refractivity (Wildman–Crippen MR) is 82.2 cm³/mol. The van der Waals surface area contributed by atoms with E-state index in [4.69, 9.17) is 0 Å². The Kier molecular flexibility index (Phi) is 16.0. The summed E-state index contributed by atoms with van der Waals surface area (Å²) < 4.78 is 0. The first kappa shape index (κ1) is 19.3. The molecular weight excluding hydrogens is 230 g/mol. The van der Waals surface area contributed by atoms with Crippen molar-refractivity contribution in [3.63, 3.8) is 0 Å². The number of hydrogen-bond donors (Lipinski definition) is 0. The molecular formula is C15H32ClN. The molecule has 0 radical (unpaired) electrons. The maximum absolute atomic E-state index is 2.61.